The van der Waals surface area contributed by atoms with Crippen molar-refractivity contribution < 1.29 is 4.42 Å². The number of rotatable bonds is 6. The van der Waals surface area contributed by atoms with Crippen molar-refractivity contribution in [2.75, 3.05) is 0 Å². The summed E-state index contributed by atoms with van der Waals surface area (Å²) in [5.41, 5.74) is 13.6. The fraction of sp³-hybridized carbons (Fsp3) is 0. The maximum absolute atomic E-state index is 6.63. The van der Waals surface area contributed by atoms with Crippen molar-refractivity contribution in [2.45, 2.75) is 0 Å². The number of fused-ring (bicyclic) bond motifs is 9. The summed E-state index contributed by atoms with van der Waals surface area (Å²) < 4.78 is 11.2. The molecule has 0 amide bonds. The highest BCUT2D eigenvalue weighted by molar-refractivity contribution is 6.19. The molecule has 0 bridgehead atoms. The first-order valence-electron chi connectivity index (χ1n) is 21.2. The third-order valence-corrected chi connectivity index (χ3v) is 12.4. The predicted molar refractivity (Wildman–Crippen MR) is 258 cm³/mol. The Morgan fingerprint density at radius 3 is 1.59 bits per heavy atom. The third kappa shape index (κ3) is 5.55. The van der Waals surface area contributed by atoms with Crippen LogP contribution in [0.5, 0.6) is 0 Å². The second-order valence-corrected chi connectivity index (χ2v) is 16.0. The molecule has 0 aliphatic heterocycles. The summed E-state index contributed by atoms with van der Waals surface area (Å²) in [6.07, 6.45) is 0. The second kappa shape index (κ2) is 14.0. The molecule has 0 N–H and O–H groups in total. The van der Waals surface area contributed by atoms with Crippen LogP contribution in [0.25, 0.3) is 122 Å². The molecule has 6 nitrogen and oxygen atoms in total. The molecule has 6 heteroatoms. The maximum atomic E-state index is 6.63. The Labute approximate surface area is 361 Å². The minimum atomic E-state index is 0.571. The van der Waals surface area contributed by atoms with Gasteiger partial charge in [-0.25, -0.2) is 4.98 Å². The highest BCUT2D eigenvalue weighted by atomic mass is 16.3. The summed E-state index contributed by atoms with van der Waals surface area (Å²) in [6, 6.07) is 74.5. The molecule has 0 unspecified atom stereocenters. The van der Waals surface area contributed by atoms with Crippen LogP contribution in [0.4, 0.5) is 0 Å². The molecule has 13 aromatic rings. The van der Waals surface area contributed by atoms with Gasteiger partial charge in [0.1, 0.15) is 11.2 Å². The van der Waals surface area contributed by atoms with E-state index in [2.05, 4.69) is 161 Å². The lowest BCUT2D eigenvalue weighted by Crippen LogP contribution is -2.06. The van der Waals surface area contributed by atoms with Crippen LogP contribution in [-0.4, -0.2) is 24.1 Å². The number of para-hydroxylation sites is 4. The van der Waals surface area contributed by atoms with Crippen LogP contribution in [0.1, 0.15) is 0 Å². The zero-order chi connectivity index (χ0) is 41.4. The van der Waals surface area contributed by atoms with Gasteiger partial charge in [0.15, 0.2) is 11.6 Å². The Hall–Kier alpha value is -8.61. The van der Waals surface area contributed by atoms with Crippen LogP contribution in [0.3, 0.4) is 0 Å². The first-order valence-corrected chi connectivity index (χ1v) is 21.2. The van der Waals surface area contributed by atoms with Crippen molar-refractivity contribution >= 4 is 65.6 Å². The highest BCUT2D eigenvalue weighted by Gasteiger charge is 2.22. The number of benzene rings is 9. The topological polar surface area (TPSA) is 61.7 Å². The van der Waals surface area contributed by atoms with Gasteiger partial charge in [0.25, 0.3) is 0 Å². The number of hydrogen-bond donors (Lipinski definition) is 0. The molecule has 0 saturated heterocycles. The molecule has 0 saturated carbocycles. The molecular weight excluding hydrogens is 771 g/mol. The van der Waals surface area contributed by atoms with Crippen LogP contribution in [0.2, 0.25) is 0 Å². The minimum absolute atomic E-state index is 0.571. The van der Waals surface area contributed by atoms with Gasteiger partial charge in [0.2, 0.25) is 5.95 Å². The first kappa shape index (κ1) is 35.2. The smallest absolute Gasteiger partial charge is 0.238 e. The molecule has 0 atom stereocenters. The van der Waals surface area contributed by atoms with Crippen LogP contribution in [0, 0.1) is 0 Å². The summed E-state index contributed by atoms with van der Waals surface area (Å²) >= 11 is 0. The quantitative estimate of drug-likeness (QED) is 0.168. The molecule has 0 aliphatic carbocycles. The summed E-state index contributed by atoms with van der Waals surface area (Å²) in [5, 5.41) is 6.86. The number of nitrogens with zero attached hydrogens (tertiary/aromatic N) is 5. The van der Waals surface area contributed by atoms with E-state index in [1.807, 2.05) is 60.7 Å². The lowest BCUT2D eigenvalue weighted by Gasteiger charge is -2.12. The Kier molecular flexibility index (Phi) is 7.80. The van der Waals surface area contributed by atoms with E-state index in [1.54, 1.807) is 0 Å². The number of hydrogen-bond acceptors (Lipinski definition) is 4. The van der Waals surface area contributed by atoms with Gasteiger partial charge in [0.05, 0.1) is 22.1 Å². The molecule has 13 rings (SSSR count). The van der Waals surface area contributed by atoms with Crippen molar-refractivity contribution in [3.8, 4) is 56.7 Å². The monoisotopic (exact) mass is 805 g/mol. The van der Waals surface area contributed by atoms with Crippen molar-refractivity contribution in [1.29, 1.82) is 0 Å². The first-order chi connectivity index (χ1) is 31.2. The Bertz CT molecular complexity index is 3850. The van der Waals surface area contributed by atoms with Gasteiger partial charge < -0.3 is 8.98 Å². The van der Waals surface area contributed by atoms with Crippen molar-refractivity contribution in [3.63, 3.8) is 0 Å². The van der Waals surface area contributed by atoms with E-state index in [0.717, 1.165) is 82.8 Å². The van der Waals surface area contributed by atoms with Crippen LogP contribution in [-0.2, 0) is 0 Å². The summed E-state index contributed by atoms with van der Waals surface area (Å²) in [5.74, 6) is 1.82. The largest absolute Gasteiger partial charge is 0.456 e. The third-order valence-electron chi connectivity index (χ3n) is 12.4. The average molecular weight is 806 g/mol. The van der Waals surface area contributed by atoms with Crippen LogP contribution < -0.4 is 0 Å². The van der Waals surface area contributed by atoms with Gasteiger partial charge in [-0.3, -0.25) is 4.57 Å². The molecule has 9 aromatic carbocycles. The van der Waals surface area contributed by atoms with Gasteiger partial charge >= 0.3 is 0 Å². The Morgan fingerprint density at radius 2 is 0.873 bits per heavy atom. The van der Waals surface area contributed by atoms with E-state index in [0.29, 0.717) is 17.6 Å². The fourth-order valence-corrected chi connectivity index (χ4v) is 9.58. The van der Waals surface area contributed by atoms with Crippen LogP contribution in [0.15, 0.2) is 217 Å². The van der Waals surface area contributed by atoms with E-state index in [1.165, 1.54) is 21.8 Å². The van der Waals surface area contributed by atoms with Gasteiger partial charge in [-0.05, 0) is 71.3 Å². The van der Waals surface area contributed by atoms with Crippen LogP contribution >= 0.6 is 0 Å². The van der Waals surface area contributed by atoms with Gasteiger partial charge in [-0.1, -0.05) is 158 Å². The Morgan fingerprint density at radius 1 is 0.333 bits per heavy atom. The van der Waals surface area contributed by atoms with E-state index >= 15 is 0 Å². The molecule has 4 aromatic heterocycles. The lowest BCUT2D eigenvalue weighted by molar-refractivity contribution is 0.669. The maximum Gasteiger partial charge on any atom is 0.238 e. The zero-order valence-electron chi connectivity index (χ0n) is 33.9. The van der Waals surface area contributed by atoms with E-state index in [4.69, 9.17) is 19.4 Å². The number of aromatic nitrogens is 5. The standard InChI is InChI=1S/C57H35N5O/c1-4-16-36(17-5-1)55-58-56(37-18-6-2-7-19-37)60-57(59-55)62-49-28-13-11-23-42(49)46-34-38(30-32-50(46)62)39-31-33-51-47(35-39)53-43(24-15-29-52(53)63-51)45-26-14-25-44-41-22-10-12-27-48(41)61(54(44)45)40-20-8-3-9-21-40/h1-35H. The van der Waals surface area contributed by atoms with E-state index in [-0.39, 0.29) is 0 Å². The molecule has 294 valence electrons. The molecule has 63 heavy (non-hydrogen) atoms. The van der Waals surface area contributed by atoms with Gasteiger partial charge in [0, 0.05) is 54.7 Å². The molecule has 4 heterocycles. The fourth-order valence-electron chi connectivity index (χ4n) is 9.58. The zero-order valence-corrected chi connectivity index (χ0v) is 33.9. The second-order valence-electron chi connectivity index (χ2n) is 16.0. The van der Waals surface area contributed by atoms with Crippen molar-refractivity contribution in [3.05, 3.63) is 212 Å². The molecule has 0 spiro atoms. The lowest BCUT2D eigenvalue weighted by atomic mass is 9.95. The minimum Gasteiger partial charge on any atom is -0.456 e. The predicted octanol–water partition coefficient (Wildman–Crippen LogP) is 14.6. The van der Waals surface area contributed by atoms with E-state index in [9.17, 15) is 0 Å². The van der Waals surface area contributed by atoms with Crippen molar-refractivity contribution in [2.24, 2.45) is 0 Å². The summed E-state index contributed by atoms with van der Waals surface area (Å²) in [7, 11) is 0. The SMILES string of the molecule is c1ccc(-c2nc(-c3ccccc3)nc(-n3c4ccccc4c4cc(-c5ccc6oc7cccc(-c8cccc9c%10ccccc%10n(-c%10ccccc%10)c89)c7c6c5)ccc43)n2)cc1. The highest BCUT2D eigenvalue weighted by Crippen LogP contribution is 2.44. The molecule has 0 radical (unpaired) electrons. The normalized spacial score (nSPS) is 11.8. The Balaban J connectivity index is 0.997. The van der Waals surface area contributed by atoms with Gasteiger partial charge in [-0.2, -0.15) is 9.97 Å². The van der Waals surface area contributed by atoms with Crippen molar-refractivity contribution in [1.82, 2.24) is 24.1 Å². The summed E-state index contributed by atoms with van der Waals surface area (Å²) in [4.78, 5) is 15.2. The van der Waals surface area contributed by atoms with Gasteiger partial charge in [-0.15, -0.1) is 0 Å². The van der Waals surface area contributed by atoms with E-state index < -0.39 is 0 Å². The molecule has 0 fully saturated rings. The molecule has 0 aliphatic rings. The number of furan rings is 1. The average Bonchev–Trinajstić information content (AvgIpc) is 4.02. The molecular formula is C57H35N5O. The summed E-state index contributed by atoms with van der Waals surface area (Å²) in [6.45, 7) is 0.